The lowest BCUT2D eigenvalue weighted by molar-refractivity contribution is 0.414. The average Bonchev–Trinajstić information content (AvgIpc) is 2.40. The summed E-state index contributed by atoms with van der Waals surface area (Å²) in [5.74, 6) is 0.862. The molecule has 0 radical (unpaired) electrons. The van der Waals surface area contributed by atoms with Gasteiger partial charge >= 0.3 is 0 Å². The van der Waals surface area contributed by atoms with Crippen LogP contribution in [-0.4, -0.2) is 12.1 Å². The molecular formula is C14H14ClNO. The second kappa shape index (κ2) is 5.69. The molecule has 0 saturated heterocycles. The number of pyridine rings is 1. The SMILES string of the molecule is COc1cccc(CC(Cl)c2ccncc2)c1. The number of hydrogen-bond donors (Lipinski definition) is 0. The average molecular weight is 248 g/mol. The van der Waals surface area contributed by atoms with Crippen molar-refractivity contribution in [2.24, 2.45) is 0 Å². The Morgan fingerprint density at radius 2 is 2.00 bits per heavy atom. The zero-order valence-corrected chi connectivity index (χ0v) is 10.4. The number of nitrogens with zero attached hydrogens (tertiary/aromatic N) is 1. The van der Waals surface area contributed by atoms with E-state index in [1.807, 2.05) is 30.3 Å². The minimum Gasteiger partial charge on any atom is -0.497 e. The first-order valence-corrected chi connectivity index (χ1v) is 5.90. The highest BCUT2D eigenvalue weighted by atomic mass is 35.5. The van der Waals surface area contributed by atoms with Gasteiger partial charge in [-0.3, -0.25) is 4.98 Å². The van der Waals surface area contributed by atoms with Crippen molar-refractivity contribution in [1.29, 1.82) is 0 Å². The minimum atomic E-state index is -0.0369. The summed E-state index contributed by atoms with van der Waals surface area (Å²) in [6, 6.07) is 11.9. The molecule has 2 nitrogen and oxygen atoms in total. The van der Waals surface area contributed by atoms with Crippen molar-refractivity contribution >= 4 is 11.6 Å². The van der Waals surface area contributed by atoms with Gasteiger partial charge < -0.3 is 4.74 Å². The summed E-state index contributed by atoms with van der Waals surface area (Å²) in [6.07, 6.45) is 4.30. The lowest BCUT2D eigenvalue weighted by Gasteiger charge is -2.10. The molecule has 0 fully saturated rings. The number of rotatable bonds is 4. The van der Waals surface area contributed by atoms with Gasteiger partial charge in [-0.15, -0.1) is 11.6 Å². The van der Waals surface area contributed by atoms with Gasteiger partial charge in [-0.2, -0.15) is 0 Å². The lowest BCUT2D eigenvalue weighted by Crippen LogP contribution is -1.96. The molecule has 0 aliphatic heterocycles. The van der Waals surface area contributed by atoms with Crippen LogP contribution in [0.15, 0.2) is 48.8 Å². The second-order valence-electron chi connectivity index (χ2n) is 3.80. The normalized spacial score (nSPS) is 12.1. The van der Waals surface area contributed by atoms with E-state index < -0.39 is 0 Å². The summed E-state index contributed by atoms with van der Waals surface area (Å²) >= 11 is 6.37. The Morgan fingerprint density at radius 3 is 2.71 bits per heavy atom. The molecular weight excluding hydrogens is 234 g/mol. The summed E-state index contributed by atoms with van der Waals surface area (Å²) in [6.45, 7) is 0. The zero-order valence-electron chi connectivity index (χ0n) is 9.64. The number of methoxy groups -OCH3 is 1. The fourth-order valence-corrected chi connectivity index (χ4v) is 2.02. The van der Waals surface area contributed by atoms with Crippen LogP contribution >= 0.6 is 11.6 Å². The minimum absolute atomic E-state index is 0.0369. The molecule has 2 aromatic rings. The Labute approximate surface area is 106 Å². The third kappa shape index (κ3) is 3.21. The van der Waals surface area contributed by atoms with Crippen molar-refractivity contribution < 1.29 is 4.74 Å². The van der Waals surface area contributed by atoms with E-state index in [-0.39, 0.29) is 5.38 Å². The van der Waals surface area contributed by atoms with Crippen LogP contribution in [0, 0.1) is 0 Å². The molecule has 3 heteroatoms. The van der Waals surface area contributed by atoms with Gasteiger partial charge in [-0.05, 0) is 41.8 Å². The fourth-order valence-electron chi connectivity index (χ4n) is 1.70. The van der Waals surface area contributed by atoms with Crippen molar-refractivity contribution in [3.8, 4) is 5.75 Å². The van der Waals surface area contributed by atoms with Crippen LogP contribution in [-0.2, 0) is 6.42 Å². The molecule has 88 valence electrons. The quantitative estimate of drug-likeness (QED) is 0.770. The molecule has 1 unspecified atom stereocenters. The van der Waals surface area contributed by atoms with E-state index in [0.717, 1.165) is 17.7 Å². The van der Waals surface area contributed by atoms with E-state index >= 15 is 0 Å². The van der Waals surface area contributed by atoms with Crippen molar-refractivity contribution in [2.75, 3.05) is 7.11 Å². The van der Waals surface area contributed by atoms with Crippen LogP contribution in [0.25, 0.3) is 0 Å². The molecule has 0 amide bonds. The molecule has 17 heavy (non-hydrogen) atoms. The van der Waals surface area contributed by atoms with E-state index in [1.165, 1.54) is 5.56 Å². The predicted molar refractivity (Wildman–Crippen MR) is 69.5 cm³/mol. The highest BCUT2D eigenvalue weighted by Crippen LogP contribution is 2.25. The van der Waals surface area contributed by atoms with E-state index in [0.29, 0.717) is 0 Å². The Balaban J connectivity index is 2.10. The van der Waals surface area contributed by atoms with E-state index in [2.05, 4.69) is 11.1 Å². The van der Waals surface area contributed by atoms with Gasteiger partial charge in [-0.25, -0.2) is 0 Å². The largest absolute Gasteiger partial charge is 0.497 e. The molecule has 1 atom stereocenters. The van der Waals surface area contributed by atoms with E-state index in [4.69, 9.17) is 16.3 Å². The van der Waals surface area contributed by atoms with Crippen LogP contribution in [0.4, 0.5) is 0 Å². The topological polar surface area (TPSA) is 22.1 Å². The molecule has 1 aromatic carbocycles. The molecule has 0 saturated carbocycles. The standard InChI is InChI=1S/C14H14ClNO/c1-17-13-4-2-3-11(9-13)10-14(15)12-5-7-16-8-6-12/h2-9,14H,10H2,1H3. The molecule has 1 aromatic heterocycles. The lowest BCUT2D eigenvalue weighted by atomic mass is 10.0. The van der Waals surface area contributed by atoms with Gasteiger partial charge in [0.15, 0.2) is 0 Å². The summed E-state index contributed by atoms with van der Waals surface area (Å²) in [7, 11) is 1.67. The van der Waals surface area contributed by atoms with Crippen molar-refractivity contribution in [3.63, 3.8) is 0 Å². The first-order chi connectivity index (χ1) is 8.29. The molecule has 0 bridgehead atoms. The maximum absolute atomic E-state index is 6.37. The number of ether oxygens (including phenoxy) is 1. The number of halogens is 1. The van der Waals surface area contributed by atoms with Gasteiger partial charge in [0.1, 0.15) is 5.75 Å². The van der Waals surface area contributed by atoms with Crippen LogP contribution in [0.5, 0.6) is 5.75 Å². The van der Waals surface area contributed by atoms with E-state index in [9.17, 15) is 0 Å². The number of hydrogen-bond acceptors (Lipinski definition) is 2. The summed E-state index contributed by atoms with van der Waals surface area (Å²) in [5.41, 5.74) is 2.26. The number of benzene rings is 1. The van der Waals surface area contributed by atoms with Crippen LogP contribution in [0.3, 0.4) is 0 Å². The fraction of sp³-hybridized carbons (Fsp3) is 0.214. The second-order valence-corrected chi connectivity index (χ2v) is 4.33. The van der Waals surface area contributed by atoms with Crippen molar-refractivity contribution in [2.45, 2.75) is 11.8 Å². The Bertz CT molecular complexity index is 473. The van der Waals surface area contributed by atoms with Crippen molar-refractivity contribution in [3.05, 3.63) is 59.9 Å². The Kier molecular flexibility index (Phi) is 3.99. The Hall–Kier alpha value is -1.54. The first-order valence-electron chi connectivity index (χ1n) is 5.46. The molecule has 1 heterocycles. The monoisotopic (exact) mass is 247 g/mol. The third-order valence-electron chi connectivity index (χ3n) is 2.62. The Morgan fingerprint density at radius 1 is 1.24 bits per heavy atom. The van der Waals surface area contributed by atoms with Gasteiger partial charge in [0.05, 0.1) is 12.5 Å². The molecule has 2 rings (SSSR count). The van der Waals surface area contributed by atoms with Gasteiger partial charge in [0.25, 0.3) is 0 Å². The predicted octanol–water partition coefficient (Wildman–Crippen LogP) is 3.61. The number of alkyl halides is 1. The molecule has 0 aliphatic carbocycles. The zero-order chi connectivity index (χ0) is 12.1. The maximum atomic E-state index is 6.37. The molecule has 0 spiro atoms. The van der Waals surface area contributed by atoms with Gasteiger partial charge in [0.2, 0.25) is 0 Å². The van der Waals surface area contributed by atoms with Crippen molar-refractivity contribution in [1.82, 2.24) is 4.98 Å². The third-order valence-corrected chi connectivity index (χ3v) is 3.02. The molecule has 0 N–H and O–H groups in total. The van der Waals surface area contributed by atoms with Gasteiger partial charge in [0, 0.05) is 12.4 Å². The van der Waals surface area contributed by atoms with Crippen LogP contribution in [0.2, 0.25) is 0 Å². The number of aromatic nitrogens is 1. The summed E-state index contributed by atoms with van der Waals surface area (Å²) in [4.78, 5) is 3.98. The first kappa shape index (κ1) is 11.9. The highest BCUT2D eigenvalue weighted by Gasteiger charge is 2.08. The maximum Gasteiger partial charge on any atom is 0.119 e. The summed E-state index contributed by atoms with van der Waals surface area (Å²) < 4.78 is 5.19. The smallest absolute Gasteiger partial charge is 0.119 e. The van der Waals surface area contributed by atoms with Crippen LogP contribution < -0.4 is 4.74 Å². The summed E-state index contributed by atoms with van der Waals surface area (Å²) in [5, 5.41) is -0.0369. The molecule has 0 aliphatic rings. The van der Waals surface area contributed by atoms with Gasteiger partial charge in [-0.1, -0.05) is 12.1 Å². The van der Waals surface area contributed by atoms with Crippen LogP contribution in [0.1, 0.15) is 16.5 Å². The van der Waals surface area contributed by atoms with E-state index in [1.54, 1.807) is 19.5 Å². The highest BCUT2D eigenvalue weighted by molar-refractivity contribution is 6.20.